The number of methoxy groups -OCH3 is 1. The number of fused-ring (bicyclic) bond motifs is 4. The molecular formula is C40H49ClN2O6. The number of hydrogen-bond donors (Lipinski definition) is 2. The first kappa shape index (κ1) is 34.0. The molecule has 1 spiro atoms. The van der Waals surface area contributed by atoms with Crippen LogP contribution in [0.5, 0.6) is 17.2 Å². The second kappa shape index (κ2) is 14.0. The lowest BCUT2D eigenvalue weighted by atomic mass is 9.62. The number of pyridine rings is 1. The molecule has 8 nitrogen and oxygen atoms in total. The van der Waals surface area contributed by atoms with Crippen LogP contribution in [0.3, 0.4) is 0 Å². The second-order valence-electron chi connectivity index (χ2n) is 15.0. The Bertz CT molecular complexity index is 1670. The summed E-state index contributed by atoms with van der Waals surface area (Å²) >= 11 is 6.30. The van der Waals surface area contributed by atoms with E-state index in [0.29, 0.717) is 41.9 Å². The molecule has 9 heteroatoms. The second-order valence-corrected chi connectivity index (χ2v) is 15.4. The van der Waals surface area contributed by atoms with Gasteiger partial charge in [0.2, 0.25) is 5.60 Å². The Balaban J connectivity index is 1.14. The van der Waals surface area contributed by atoms with E-state index in [1.807, 2.05) is 30.5 Å². The maximum absolute atomic E-state index is 12.4. The number of carboxylic acid groups (broad SMARTS) is 1. The highest BCUT2D eigenvalue weighted by molar-refractivity contribution is 6.30. The van der Waals surface area contributed by atoms with E-state index in [9.17, 15) is 9.90 Å². The van der Waals surface area contributed by atoms with Crippen molar-refractivity contribution in [1.29, 1.82) is 0 Å². The van der Waals surface area contributed by atoms with E-state index in [2.05, 4.69) is 42.3 Å². The van der Waals surface area contributed by atoms with E-state index < -0.39 is 11.6 Å². The first-order chi connectivity index (χ1) is 23.7. The highest BCUT2D eigenvalue weighted by atomic mass is 35.5. The SMILES string of the molecule is COC[C@@]1(C(=O)O)CCOc2cc3c(cc2O1)C[C@H](C[C@@H](C)COc1ccnc2c1[C@H](C)CCC2)C31CCC(Nc2cccc(Cl)c2)CC1. The van der Waals surface area contributed by atoms with Gasteiger partial charge in [-0.3, -0.25) is 4.98 Å². The number of hydrogen-bond acceptors (Lipinski definition) is 7. The van der Waals surface area contributed by atoms with Crippen LogP contribution in [-0.4, -0.2) is 54.6 Å². The largest absolute Gasteiger partial charge is 0.493 e. The number of carboxylic acids is 1. The molecule has 1 aromatic heterocycles. The molecule has 0 bridgehead atoms. The van der Waals surface area contributed by atoms with Crippen LogP contribution in [0, 0.1) is 11.8 Å². The summed E-state index contributed by atoms with van der Waals surface area (Å²) in [5.74, 6) is 2.30. The Hall–Kier alpha value is -3.49. The van der Waals surface area contributed by atoms with Gasteiger partial charge in [-0.05, 0) is 128 Å². The molecule has 7 rings (SSSR count). The molecule has 3 aliphatic carbocycles. The summed E-state index contributed by atoms with van der Waals surface area (Å²) < 4.78 is 24.4. The number of aryl methyl sites for hydroxylation is 1. The molecule has 0 unspecified atom stereocenters. The number of rotatable bonds is 10. The number of aliphatic carboxylic acids is 1. The van der Waals surface area contributed by atoms with Crippen molar-refractivity contribution in [2.45, 2.75) is 101 Å². The molecule has 1 fully saturated rings. The minimum absolute atomic E-state index is 0.0123. The van der Waals surface area contributed by atoms with Gasteiger partial charge >= 0.3 is 5.97 Å². The Labute approximate surface area is 294 Å². The number of halogens is 1. The van der Waals surface area contributed by atoms with Crippen LogP contribution >= 0.6 is 11.6 Å². The minimum atomic E-state index is -1.48. The van der Waals surface area contributed by atoms with Gasteiger partial charge in [0.05, 0.1) is 19.8 Å². The number of carbonyl (C=O) groups is 1. The standard InChI is InChI=1S/C40H49ClN2O6/c1-25(23-48-34-12-16-42-33-9-4-6-26(2)37(33)34)18-28-19-27-20-36-35(47-17-15-40(49-36,24-46-3)38(44)45)22-32(27)39(28)13-10-30(11-14-39)43-31-8-5-7-29(41)21-31/h5,7-8,12,16,20-22,25-26,28,30,43H,4,6,9-11,13-15,17-19,23-24H2,1-3H3,(H,44,45)/t25-,26-,28+,30?,39?,40-/m1/s1. The van der Waals surface area contributed by atoms with Gasteiger partial charge in [0.25, 0.3) is 0 Å². The van der Waals surface area contributed by atoms with Gasteiger partial charge in [0, 0.05) is 47.7 Å². The number of ether oxygens (including phenoxy) is 4. The highest BCUT2D eigenvalue weighted by Crippen LogP contribution is 2.56. The van der Waals surface area contributed by atoms with Gasteiger partial charge in [-0.25, -0.2) is 4.79 Å². The van der Waals surface area contributed by atoms with E-state index in [1.165, 1.54) is 42.3 Å². The van der Waals surface area contributed by atoms with Crippen molar-refractivity contribution in [3.63, 3.8) is 0 Å². The van der Waals surface area contributed by atoms with E-state index in [1.54, 1.807) is 0 Å². The molecule has 49 heavy (non-hydrogen) atoms. The summed E-state index contributed by atoms with van der Waals surface area (Å²) in [4.78, 5) is 17.1. The molecular weight excluding hydrogens is 640 g/mol. The zero-order chi connectivity index (χ0) is 34.2. The lowest BCUT2D eigenvalue weighted by molar-refractivity contribution is -0.160. The summed E-state index contributed by atoms with van der Waals surface area (Å²) in [6.07, 6.45) is 11.6. The molecule has 0 saturated heterocycles. The van der Waals surface area contributed by atoms with Gasteiger partial charge in [0.15, 0.2) is 11.5 Å². The Morgan fingerprint density at radius 2 is 1.98 bits per heavy atom. The van der Waals surface area contributed by atoms with Gasteiger partial charge in [-0.15, -0.1) is 0 Å². The average molecular weight is 689 g/mol. The first-order valence-corrected chi connectivity index (χ1v) is 18.4. The van der Waals surface area contributed by atoms with Crippen LogP contribution in [0.2, 0.25) is 5.02 Å². The molecule has 4 aliphatic rings. The van der Waals surface area contributed by atoms with Crippen LogP contribution < -0.4 is 19.5 Å². The summed E-state index contributed by atoms with van der Waals surface area (Å²) in [5.41, 5.74) is 4.62. The lowest BCUT2D eigenvalue weighted by Crippen LogP contribution is -2.49. The summed E-state index contributed by atoms with van der Waals surface area (Å²) in [6, 6.07) is 14.6. The third-order valence-electron chi connectivity index (χ3n) is 11.6. The van der Waals surface area contributed by atoms with Gasteiger partial charge < -0.3 is 29.4 Å². The maximum Gasteiger partial charge on any atom is 0.350 e. The number of nitrogens with one attached hydrogen (secondary N) is 1. The lowest BCUT2D eigenvalue weighted by Gasteiger charge is -2.44. The monoisotopic (exact) mass is 688 g/mol. The van der Waals surface area contributed by atoms with Crippen molar-refractivity contribution < 1.29 is 28.8 Å². The Kier molecular flexibility index (Phi) is 9.73. The first-order valence-electron chi connectivity index (χ1n) is 18.0. The third kappa shape index (κ3) is 6.71. The fourth-order valence-corrected chi connectivity index (χ4v) is 9.36. The van der Waals surface area contributed by atoms with E-state index >= 15 is 0 Å². The van der Waals surface area contributed by atoms with Crippen LogP contribution in [0.25, 0.3) is 0 Å². The van der Waals surface area contributed by atoms with Crippen molar-refractivity contribution in [2.24, 2.45) is 11.8 Å². The summed E-state index contributed by atoms with van der Waals surface area (Å²) in [7, 11) is 1.50. The van der Waals surface area contributed by atoms with Crippen molar-refractivity contribution in [1.82, 2.24) is 4.98 Å². The predicted molar refractivity (Wildman–Crippen MR) is 190 cm³/mol. The molecule has 262 valence electrons. The molecule has 0 radical (unpaired) electrons. The molecule has 1 aliphatic heterocycles. The fourth-order valence-electron chi connectivity index (χ4n) is 9.17. The highest BCUT2D eigenvalue weighted by Gasteiger charge is 2.50. The van der Waals surface area contributed by atoms with Crippen LogP contribution in [0.4, 0.5) is 5.69 Å². The maximum atomic E-state index is 12.4. The normalized spacial score (nSPS) is 27.9. The number of aromatic nitrogens is 1. The zero-order valence-corrected chi connectivity index (χ0v) is 29.7. The fraction of sp³-hybridized carbons (Fsp3) is 0.550. The van der Waals surface area contributed by atoms with Gasteiger partial charge in [-0.2, -0.15) is 0 Å². The minimum Gasteiger partial charge on any atom is -0.493 e. The zero-order valence-electron chi connectivity index (χ0n) is 28.9. The van der Waals surface area contributed by atoms with Crippen molar-refractivity contribution in [3.8, 4) is 17.2 Å². The Morgan fingerprint density at radius 1 is 1.14 bits per heavy atom. The Morgan fingerprint density at radius 3 is 2.76 bits per heavy atom. The molecule has 2 heterocycles. The quantitative estimate of drug-likeness (QED) is 0.219. The van der Waals surface area contributed by atoms with E-state index in [0.717, 1.165) is 61.4 Å². The van der Waals surface area contributed by atoms with Crippen molar-refractivity contribution >= 4 is 23.3 Å². The predicted octanol–water partition coefficient (Wildman–Crippen LogP) is 8.38. The van der Waals surface area contributed by atoms with E-state index in [-0.39, 0.29) is 25.0 Å². The number of anilines is 1. The smallest absolute Gasteiger partial charge is 0.350 e. The van der Waals surface area contributed by atoms with Crippen LogP contribution in [0.15, 0.2) is 48.7 Å². The van der Waals surface area contributed by atoms with Crippen LogP contribution in [-0.2, 0) is 27.8 Å². The molecule has 0 amide bonds. The summed E-state index contributed by atoms with van der Waals surface area (Å²) in [6.45, 7) is 5.46. The van der Waals surface area contributed by atoms with Gasteiger partial charge in [0.1, 0.15) is 5.75 Å². The molecule has 1 saturated carbocycles. The van der Waals surface area contributed by atoms with Crippen LogP contribution in [0.1, 0.15) is 93.5 Å². The topological polar surface area (TPSA) is 99.1 Å². The molecule has 4 atom stereocenters. The van der Waals surface area contributed by atoms with Crippen molar-refractivity contribution in [2.75, 3.05) is 32.2 Å². The molecule has 2 aromatic carbocycles. The van der Waals surface area contributed by atoms with E-state index in [4.69, 9.17) is 30.5 Å². The average Bonchev–Trinajstić information content (AvgIpc) is 3.21. The number of nitrogens with zero attached hydrogens (tertiary/aromatic N) is 1. The summed E-state index contributed by atoms with van der Waals surface area (Å²) in [5, 5.41) is 14.7. The number of benzene rings is 2. The van der Waals surface area contributed by atoms with Crippen molar-refractivity contribution in [3.05, 3.63) is 76.1 Å². The van der Waals surface area contributed by atoms with Gasteiger partial charge in [-0.1, -0.05) is 31.5 Å². The molecule has 3 aromatic rings. The molecule has 2 N–H and O–H groups in total. The third-order valence-corrected chi connectivity index (χ3v) is 11.9.